The molecule has 1 aromatic heterocycles. The van der Waals surface area contributed by atoms with Crippen LogP contribution >= 0.6 is 0 Å². The van der Waals surface area contributed by atoms with Crippen LogP contribution in [0.1, 0.15) is 17.3 Å². The third-order valence-electron chi connectivity index (χ3n) is 4.26. The topological polar surface area (TPSA) is 56.7 Å². The van der Waals surface area contributed by atoms with E-state index in [4.69, 9.17) is 5.11 Å². The van der Waals surface area contributed by atoms with Crippen molar-refractivity contribution >= 4 is 16.8 Å². The van der Waals surface area contributed by atoms with Gasteiger partial charge in [0.15, 0.2) is 0 Å². The normalized spacial score (nSPS) is 19.5. The molecule has 116 valence electrons. The molecule has 1 N–H and O–H groups in total. The lowest BCUT2D eigenvalue weighted by atomic mass is 10.1. The highest BCUT2D eigenvalue weighted by molar-refractivity contribution is 6.06. The number of fused-ring (bicyclic) bond motifs is 1. The molecule has 0 radical (unpaired) electrons. The summed E-state index contributed by atoms with van der Waals surface area (Å²) in [5.41, 5.74) is 1.56. The maximum Gasteiger partial charge on any atom is 0.254 e. The summed E-state index contributed by atoms with van der Waals surface area (Å²) in [6.07, 6.45) is 1.74. The van der Waals surface area contributed by atoms with Crippen molar-refractivity contribution in [3.8, 4) is 0 Å². The fourth-order valence-corrected chi connectivity index (χ4v) is 3.12. The lowest BCUT2D eigenvalue weighted by Crippen LogP contribution is -2.54. The van der Waals surface area contributed by atoms with Gasteiger partial charge in [0.05, 0.1) is 12.1 Å². The second-order valence-corrected chi connectivity index (χ2v) is 5.75. The Labute approximate surface area is 130 Å². The fraction of sp³-hybridized carbons (Fsp3) is 0.412. The van der Waals surface area contributed by atoms with Gasteiger partial charge in [-0.05, 0) is 25.1 Å². The second-order valence-electron chi connectivity index (χ2n) is 5.75. The minimum Gasteiger partial charge on any atom is -0.395 e. The molecule has 0 spiro atoms. The molecule has 1 amide bonds. The zero-order valence-electron chi connectivity index (χ0n) is 12.8. The molecule has 1 fully saturated rings. The highest BCUT2D eigenvalue weighted by Gasteiger charge is 2.28. The standard InChI is InChI=1S/C17H21N3O2/c1-13-12-19(10-11-21)8-9-20(13)17(22)15-4-2-6-16-14(15)5-3-7-18-16/h2-7,13,21H,8-12H2,1H3/t13-/m0/s1. The molecular formula is C17H21N3O2. The molecule has 5 heteroatoms. The number of amides is 1. The van der Waals surface area contributed by atoms with Crippen LogP contribution in [0, 0.1) is 0 Å². The van der Waals surface area contributed by atoms with Crippen LogP contribution in [0.4, 0.5) is 0 Å². The van der Waals surface area contributed by atoms with Crippen LogP contribution in [0.5, 0.6) is 0 Å². The maximum absolute atomic E-state index is 12.9. The summed E-state index contributed by atoms with van der Waals surface area (Å²) in [4.78, 5) is 21.4. The number of hydrogen-bond acceptors (Lipinski definition) is 4. The first-order valence-electron chi connectivity index (χ1n) is 7.68. The van der Waals surface area contributed by atoms with Crippen molar-refractivity contribution in [2.75, 3.05) is 32.8 Å². The number of carbonyl (C=O) groups is 1. The Hall–Kier alpha value is -1.98. The average molecular weight is 299 g/mol. The third-order valence-corrected chi connectivity index (χ3v) is 4.26. The molecule has 5 nitrogen and oxygen atoms in total. The van der Waals surface area contributed by atoms with Gasteiger partial charge in [0.2, 0.25) is 0 Å². The van der Waals surface area contributed by atoms with Crippen LogP contribution in [-0.4, -0.2) is 64.6 Å². The Morgan fingerprint density at radius 1 is 1.32 bits per heavy atom. The van der Waals surface area contributed by atoms with E-state index in [0.29, 0.717) is 18.7 Å². The van der Waals surface area contributed by atoms with Gasteiger partial charge in [-0.1, -0.05) is 12.1 Å². The molecule has 0 saturated carbocycles. The van der Waals surface area contributed by atoms with E-state index in [1.165, 1.54) is 0 Å². The van der Waals surface area contributed by atoms with Gasteiger partial charge in [-0.3, -0.25) is 14.7 Å². The number of aliphatic hydroxyl groups is 1. The first-order chi connectivity index (χ1) is 10.7. The van der Waals surface area contributed by atoms with E-state index >= 15 is 0 Å². The molecule has 3 rings (SSSR count). The number of nitrogens with zero attached hydrogens (tertiary/aromatic N) is 3. The smallest absolute Gasteiger partial charge is 0.254 e. The van der Waals surface area contributed by atoms with E-state index in [9.17, 15) is 4.79 Å². The largest absolute Gasteiger partial charge is 0.395 e. The quantitative estimate of drug-likeness (QED) is 0.930. The minimum atomic E-state index is 0.0646. The van der Waals surface area contributed by atoms with Crippen LogP contribution < -0.4 is 0 Å². The summed E-state index contributed by atoms with van der Waals surface area (Å²) in [7, 11) is 0. The van der Waals surface area contributed by atoms with E-state index in [1.54, 1.807) is 6.20 Å². The number of β-amino-alcohol motifs (C(OH)–C–C–N with tert-alkyl or cyclic N) is 1. The Bertz CT molecular complexity index is 669. The van der Waals surface area contributed by atoms with Crippen LogP contribution in [-0.2, 0) is 0 Å². The van der Waals surface area contributed by atoms with Crippen LogP contribution in [0.2, 0.25) is 0 Å². The van der Waals surface area contributed by atoms with Crippen molar-refractivity contribution in [1.82, 2.24) is 14.8 Å². The van der Waals surface area contributed by atoms with E-state index in [2.05, 4.69) is 16.8 Å². The van der Waals surface area contributed by atoms with E-state index in [0.717, 1.165) is 24.0 Å². The number of aliphatic hydroxyl groups excluding tert-OH is 1. The number of benzene rings is 1. The van der Waals surface area contributed by atoms with Crippen molar-refractivity contribution in [1.29, 1.82) is 0 Å². The van der Waals surface area contributed by atoms with Crippen molar-refractivity contribution in [2.45, 2.75) is 13.0 Å². The first-order valence-corrected chi connectivity index (χ1v) is 7.68. The monoisotopic (exact) mass is 299 g/mol. The number of piperazine rings is 1. The van der Waals surface area contributed by atoms with Gasteiger partial charge in [-0.25, -0.2) is 0 Å². The molecule has 0 aliphatic carbocycles. The predicted octanol–water partition coefficient (Wildman–Crippen LogP) is 1.37. The SMILES string of the molecule is C[C@H]1CN(CCO)CCN1C(=O)c1cccc2ncccc12. The van der Waals surface area contributed by atoms with Crippen molar-refractivity contribution in [3.63, 3.8) is 0 Å². The number of carbonyl (C=O) groups excluding carboxylic acids is 1. The number of hydrogen-bond donors (Lipinski definition) is 1. The molecule has 0 bridgehead atoms. The summed E-state index contributed by atoms with van der Waals surface area (Å²) >= 11 is 0. The molecule has 1 aliphatic heterocycles. The lowest BCUT2D eigenvalue weighted by Gasteiger charge is -2.39. The Kier molecular flexibility index (Phi) is 4.36. The average Bonchev–Trinajstić information content (AvgIpc) is 2.54. The first kappa shape index (κ1) is 14.9. The predicted molar refractivity (Wildman–Crippen MR) is 85.8 cm³/mol. The molecule has 1 atom stereocenters. The third kappa shape index (κ3) is 2.82. The van der Waals surface area contributed by atoms with Gasteiger partial charge in [0, 0.05) is 49.4 Å². The van der Waals surface area contributed by atoms with Crippen molar-refractivity contribution in [3.05, 3.63) is 42.1 Å². The Morgan fingerprint density at radius 3 is 2.95 bits per heavy atom. The summed E-state index contributed by atoms with van der Waals surface area (Å²) < 4.78 is 0. The molecular weight excluding hydrogens is 278 g/mol. The summed E-state index contributed by atoms with van der Waals surface area (Å²) in [5.74, 6) is 0.0646. The summed E-state index contributed by atoms with van der Waals surface area (Å²) in [5, 5.41) is 9.95. The van der Waals surface area contributed by atoms with Crippen LogP contribution in [0.3, 0.4) is 0 Å². The zero-order valence-corrected chi connectivity index (χ0v) is 12.8. The highest BCUT2D eigenvalue weighted by atomic mass is 16.3. The fourth-order valence-electron chi connectivity index (χ4n) is 3.12. The van der Waals surface area contributed by atoms with E-state index < -0.39 is 0 Å². The van der Waals surface area contributed by atoms with Crippen molar-refractivity contribution in [2.24, 2.45) is 0 Å². The minimum absolute atomic E-state index is 0.0646. The highest BCUT2D eigenvalue weighted by Crippen LogP contribution is 2.20. The van der Waals surface area contributed by atoms with Gasteiger partial charge >= 0.3 is 0 Å². The molecule has 1 aromatic carbocycles. The van der Waals surface area contributed by atoms with Gasteiger partial charge in [-0.15, -0.1) is 0 Å². The summed E-state index contributed by atoms with van der Waals surface area (Å²) in [6, 6.07) is 9.63. The molecule has 1 saturated heterocycles. The van der Waals surface area contributed by atoms with Crippen LogP contribution in [0.25, 0.3) is 10.9 Å². The van der Waals surface area contributed by atoms with E-state index in [-0.39, 0.29) is 18.6 Å². The zero-order chi connectivity index (χ0) is 15.5. The van der Waals surface area contributed by atoms with Crippen molar-refractivity contribution < 1.29 is 9.90 Å². The molecule has 22 heavy (non-hydrogen) atoms. The van der Waals surface area contributed by atoms with Crippen LogP contribution in [0.15, 0.2) is 36.5 Å². The lowest BCUT2D eigenvalue weighted by molar-refractivity contribution is 0.0459. The number of rotatable bonds is 3. The molecule has 2 heterocycles. The Morgan fingerprint density at radius 2 is 2.18 bits per heavy atom. The second kappa shape index (κ2) is 6.42. The maximum atomic E-state index is 12.9. The van der Waals surface area contributed by atoms with Gasteiger partial charge in [-0.2, -0.15) is 0 Å². The number of aromatic nitrogens is 1. The molecule has 2 aromatic rings. The molecule has 1 aliphatic rings. The number of pyridine rings is 1. The summed E-state index contributed by atoms with van der Waals surface area (Å²) in [6.45, 7) is 5.19. The molecule has 0 unspecified atom stereocenters. The Balaban J connectivity index is 1.84. The van der Waals surface area contributed by atoms with Gasteiger partial charge in [0.25, 0.3) is 5.91 Å². The van der Waals surface area contributed by atoms with E-state index in [1.807, 2.05) is 35.2 Å². The van der Waals surface area contributed by atoms with Gasteiger partial charge in [0.1, 0.15) is 0 Å². The van der Waals surface area contributed by atoms with Gasteiger partial charge < -0.3 is 10.0 Å².